The Morgan fingerprint density at radius 2 is 2.00 bits per heavy atom. The fourth-order valence-electron chi connectivity index (χ4n) is 6.46. The number of carbonyl (C=O) groups excluding carboxylic acids is 2. The molecule has 0 saturated heterocycles. The predicted molar refractivity (Wildman–Crippen MR) is 97.9 cm³/mol. The third kappa shape index (κ3) is 2.60. The molecule has 0 unspecified atom stereocenters. The number of fused-ring (bicyclic) bond motifs is 5. The van der Waals surface area contributed by atoms with Crippen molar-refractivity contribution in [1.29, 1.82) is 0 Å². The predicted octanol–water partition coefficient (Wildman–Crippen LogP) is 2.56. The van der Waals surface area contributed by atoms with E-state index < -0.39 is 29.0 Å². The zero-order valence-electron chi connectivity index (χ0n) is 16.2. The van der Waals surface area contributed by atoms with Crippen LogP contribution < -0.4 is 0 Å². The summed E-state index contributed by atoms with van der Waals surface area (Å²) in [6, 6.07) is 0. The Morgan fingerprint density at radius 3 is 2.67 bits per heavy atom. The van der Waals surface area contributed by atoms with E-state index in [1.54, 1.807) is 12.2 Å². The van der Waals surface area contributed by atoms with Crippen LogP contribution >= 0.6 is 0 Å². The van der Waals surface area contributed by atoms with Crippen LogP contribution in [0.15, 0.2) is 35.5 Å². The van der Waals surface area contributed by atoms with Crippen molar-refractivity contribution in [2.24, 2.45) is 28.1 Å². The van der Waals surface area contributed by atoms with Gasteiger partial charge in [-0.3, -0.25) is 4.79 Å². The van der Waals surface area contributed by atoms with Crippen LogP contribution in [0, 0.1) is 34.5 Å². The molecule has 4 rings (SSSR count). The van der Waals surface area contributed by atoms with Crippen molar-refractivity contribution in [2.45, 2.75) is 46.1 Å². The first-order valence-electron chi connectivity index (χ1n) is 9.50. The van der Waals surface area contributed by atoms with Crippen molar-refractivity contribution in [3.05, 3.63) is 41.9 Å². The summed E-state index contributed by atoms with van der Waals surface area (Å²) in [5, 5.41) is 20.7. The van der Waals surface area contributed by atoms with Crippen molar-refractivity contribution in [3.63, 3.8) is 0 Å². The molecule has 0 amide bonds. The van der Waals surface area contributed by atoms with E-state index in [4.69, 9.17) is 0 Å². The average molecular weight is 444 g/mol. The summed E-state index contributed by atoms with van der Waals surface area (Å²) in [5.74, 6) is 0.239. The summed E-state index contributed by atoms with van der Waals surface area (Å²) < 4.78 is 0. The SMILES string of the molecule is C[C@]12[C@@H](O)C[C@]3(C)C(C(=O)CO)=CC[C@H]3[C@@H]1C[CH-]C1=CC(=O)C=C[C@@]12C.[Y]. The minimum Gasteiger partial charge on any atom is -0.392 e. The van der Waals surface area contributed by atoms with Gasteiger partial charge in [-0.1, -0.05) is 39.3 Å². The summed E-state index contributed by atoms with van der Waals surface area (Å²) in [5.41, 5.74) is 0.494. The van der Waals surface area contributed by atoms with E-state index in [9.17, 15) is 19.8 Å². The number of hydrogen-bond donors (Lipinski definition) is 2. The van der Waals surface area contributed by atoms with E-state index in [1.165, 1.54) is 0 Å². The van der Waals surface area contributed by atoms with Crippen LogP contribution in [0.2, 0.25) is 0 Å². The molecule has 5 heteroatoms. The second-order valence-electron chi connectivity index (χ2n) is 9.05. The van der Waals surface area contributed by atoms with Crippen LogP contribution in [0.3, 0.4) is 0 Å². The molecule has 4 nitrogen and oxygen atoms in total. The zero-order chi connectivity index (χ0) is 18.9. The molecule has 0 aromatic carbocycles. The van der Waals surface area contributed by atoms with Crippen LogP contribution in [0.5, 0.6) is 0 Å². The van der Waals surface area contributed by atoms with Gasteiger partial charge in [-0.15, -0.1) is 0 Å². The Kier molecular flexibility index (Phi) is 5.30. The van der Waals surface area contributed by atoms with E-state index in [1.807, 2.05) is 12.2 Å². The average Bonchev–Trinajstić information content (AvgIpc) is 2.93. The largest absolute Gasteiger partial charge is 0.392 e. The Labute approximate surface area is 186 Å². The molecule has 0 spiro atoms. The first kappa shape index (κ1) is 21.2. The van der Waals surface area contributed by atoms with Gasteiger partial charge in [-0.2, -0.15) is 11.6 Å². The van der Waals surface area contributed by atoms with Crippen molar-refractivity contribution < 1.29 is 52.5 Å². The molecule has 0 heterocycles. The topological polar surface area (TPSA) is 74.6 Å². The molecule has 2 fully saturated rings. The number of aliphatic hydroxyl groups is 2. The van der Waals surface area contributed by atoms with Gasteiger partial charge in [-0.25, -0.2) is 6.42 Å². The number of aliphatic hydroxyl groups excluding tert-OH is 2. The molecule has 0 aromatic heterocycles. The number of ketones is 2. The van der Waals surface area contributed by atoms with E-state index >= 15 is 0 Å². The summed E-state index contributed by atoms with van der Waals surface area (Å²) in [7, 11) is 0. The minimum absolute atomic E-state index is 0. The molecule has 143 valence electrons. The molecule has 4 aliphatic carbocycles. The van der Waals surface area contributed by atoms with E-state index in [2.05, 4.69) is 27.2 Å². The molecule has 4 aliphatic rings. The van der Waals surface area contributed by atoms with Gasteiger partial charge in [0.05, 0.1) is 11.9 Å². The normalized spacial score (nSPS) is 44.8. The van der Waals surface area contributed by atoms with E-state index in [0.717, 1.165) is 18.4 Å². The molecule has 1 radical (unpaired) electrons. The molecule has 2 N–H and O–H groups in total. The van der Waals surface area contributed by atoms with Gasteiger partial charge in [0.15, 0.2) is 5.78 Å². The number of hydrogen-bond acceptors (Lipinski definition) is 4. The van der Waals surface area contributed by atoms with E-state index in [0.29, 0.717) is 12.0 Å². The molecule has 6 atom stereocenters. The van der Waals surface area contributed by atoms with Gasteiger partial charge >= 0.3 is 0 Å². The van der Waals surface area contributed by atoms with Crippen LogP contribution in [0.1, 0.15) is 40.0 Å². The maximum Gasteiger partial charge on any atom is 0.184 e. The summed E-state index contributed by atoms with van der Waals surface area (Å²) in [4.78, 5) is 24.2. The van der Waals surface area contributed by atoms with Crippen LogP contribution in [-0.2, 0) is 42.3 Å². The molecular weight excluding hydrogens is 417 g/mol. The Hall–Kier alpha value is -0.546. The van der Waals surface area contributed by atoms with Gasteiger partial charge in [0.2, 0.25) is 0 Å². The number of allylic oxidation sites excluding steroid dienone is 5. The van der Waals surface area contributed by atoms with Crippen molar-refractivity contribution in [3.8, 4) is 0 Å². The van der Waals surface area contributed by atoms with Gasteiger partial charge in [0.1, 0.15) is 6.61 Å². The molecular formula is C22H27O4Y-. The van der Waals surface area contributed by atoms with Crippen molar-refractivity contribution >= 4 is 11.6 Å². The Morgan fingerprint density at radius 1 is 1.30 bits per heavy atom. The molecule has 0 aliphatic heterocycles. The fraction of sp³-hybridized carbons (Fsp3) is 0.591. The fourth-order valence-corrected chi connectivity index (χ4v) is 6.46. The van der Waals surface area contributed by atoms with Gasteiger partial charge in [-0.05, 0) is 41.7 Å². The molecule has 27 heavy (non-hydrogen) atoms. The Balaban J connectivity index is 0.00000210. The van der Waals surface area contributed by atoms with Crippen LogP contribution in [0.4, 0.5) is 0 Å². The zero-order valence-corrected chi connectivity index (χ0v) is 19.1. The number of rotatable bonds is 2. The first-order valence-corrected chi connectivity index (χ1v) is 9.50. The van der Waals surface area contributed by atoms with Gasteiger partial charge in [0.25, 0.3) is 0 Å². The monoisotopic (exact) mass is 444 g/mol. The van der Waals surface area contributed by atoms with Crippen LogP contribution in [-0.4, -0.2) is 34.5 Å². The number of carbonyl (C=O) groups is 2. The summed E-state index contributed by atoms with van der Waals surface area (Å²) in [6.07, 6.45) is 10.9. The maximum absolute atomic E-state index is 12.3. The summed E-state index contributed by atoms with van der Waals surface area (Å²) in [6.45, 7) is 5.86. The van der Waals surface area contributed by atoms with Crippen LogP contribution in [0.25, 0.3) is 0 Å². The molecule has 2 saturated carbocycles. The minimum atomic E-state index is -0.596. The summed E-state index contributed by atoms with van der Waals surface area (Å²) >= 11 is 0. The van der Waals surface area contributed by atoms with Gasteiger partial charge < -0.3 is 15.0 Å². The standard InChI is InChI=1S/C22H27O4.Y/c1-20-11-19(26)22(3)16(15(20)6-7-17(20)18(25)12-23)5-4-13-10-14(24)8-9-21(13,22)2;/h4,7-10,15-16,19,23,26H,5-6,11-12H2,1-3H3;/q-1;/t15-,16-,19-,20-,21-,22+;/m0./s1. The maximum atomic E-state index is 12.3. The second kappa shape index (κ2) is 6.76. The molecule has 0 bridgehead atoms. The Bertz CT molecular complexity index is 781. The number of Topliss-reactive ketones (excluding diaryl/α,β-unsaturated/α-hetero) is 1. The first-order chi connectivity index (χ1) is 12.2. The van der Waals surface area contributed by atoms with Crippen molar-refractivity contribution in [1.82, 2.24) is 0 Å². The second-order valence-corrected chi connectivity index (χ2v) is 9.05. The van der Waals surface area contributed by atoms with E-state index in [-0.39, 0.29) is 56.1 Å². The van der Waals surface area contributed by atoms with Gasteiger partial charge in [0, 0.05) is 43.5 Å². The molecule has 0 aromatic rings. The quantitative estimate of drug-likeness (QED) is 0.643. The van der Waals surface area contributed by atoms with Crippen molar-refractivity contribution in [2.75, 3.05) is 6.61 Å². The third-order valence-electron chi connectivity index (χ3n) is 8.21. The third-order valence-corrected chi connectivity index (χ3v) is 8.21. The smallest absolute Gasteiger partial charge is 0.184 e.